The summed E-state index contributed by atoms with van der Waals surface area (Å²) in [4.78, 5) is 27.9. The second-order valence-electron chi connectivity index (χ2n) is 7.54. The summed E-state index contributed by atoms with van der Waals surface area (Å²) in [5.74, 6) is 2.16. The summed E-state index contributed by atoms with van der Waals surface area (Å²) in [6.07, 6.45) is 4.11. The topological polar surface area (TPSA) is 61.8 Å². The van der Waals surface area contributed by atoms with Gasteiger partial charge in [-0.15, -0.1) is 0 Å². The zero-order valence-corrected chi connectivity index (χ0v) is 16.9. The van der Waals surface area contributed by atoms with Crippen LogP contribution in [0.25, 0.3) is 0 Å². The predicted octanol–water partition coefficient (Wildman–Crippen LogP) is 1.98. The van der Waals surface area contributed by atoms with Crippen molar-refractivity contribution in [3.8, 4) is 0 Å². The summed E-state index contributed by atoms with van der Waals surface area (Å²) >= 11 is 0. The lowest BCUT2D eigenvalue weighted by molar-refractivity contribution is -0.131. The maximum atomic E-state index is 12.6. The first-order valence-corrected chi connectivity index (χ1v) is 10.5. The molecule has 0 N–H and O–H groups in total. The molecule has 0 saturated carbocycles. The Morgan fingerprint density at radius 2 is 1.55 bits per heavy atom. The van der Waals surface area contributed by atoms with Gasteiger partial charge in [0, 0.05) is 51.8 Å². The second kappa shape index (κ2) is 9.69. The third-order valence-electron chi connectivity index (χ3n) is 5.63. The van der Waals surface area contributed by atoms with Gasteiger partial charge >= 0.3 is 0 Å². The average Bonchev–Trinajstić information content (AvgIpc) is 2.80. The van der Waals surface area contributed by atoms with Crippen LogP contribution in [0.4, 0.5) is 11.6 Å². The highest BCUT2D eigenvalue weighted by Gasteiger charge is 2.22. The maximum absolute atomic E-state index is 12.6. The van der Waals surface area contributed by atoms with Gasteiger partial charge in [-0.3, -0.25) is 4.79 Å². The van der Waals surface area contributed by atoms with Gasteiger partial charge in [-0.25, -0.2) is 9.97 Å². The molecule has 0 atom stereocenters. The molecule has 0 radical (unpaired) electrons. The number of hydrogen-bond donors (Lipinski definition) is 0. The van der Waals surface area contributed by atoms with Crippen molar-refractivity contribution in [1.82, 2.24) is 14.9 Å². The van der Waals surface area contributed by atoms with Gasteiger partial charge in [0.1, 0.15) is 18.0 Å². The number of rotatable bonds is 6. The Bertz CT molecular complexity index is 787. The van der Waals surface area contributed by atoms with Gasteiger partial charge in [0.2, 0.25) is 5.91 Å². The van der Waals surface area contributed by atoms with Crippen LogP contribution < -0.4 is 9.80 Å². The van der Waals surface area contributed by atoms with Crippen molar-refractivity contribution in [2.24, 2.45) is 0 Å². The fourth-order valence-corrected chi connectivity index (χ4v) is 3.91. The van der Waals surface area contributed by atoms with E-state index in [1.807, 2.05) is 23.1 Å². The van der Waals surface area contributed by atoms with Crippen molar-refractivity contribution in [2.75, 3.05) is 62.3 Å². The largest absolute Gasteiger partial charge is 0.378 e. The van der Waals surface area contributed by atoms with E-state index in [2.05, 4.69) is 38.0 Å². The molecular weight excluding hydrogens is 366 g/mol. The molecule has 0 unspecified atom stereocenters. The van der Waals surface area contributed by atoms with Crippen LogP contribution in [0.1, 0.15) is 18.4 Å². The monoisotopic (exact) mass is 395 g/mol. The number of aromatic nitrogens is 2. The summed E-state index contributed by atoms with van der Waals surface area (Å²) in [5.41, 5.74) is 1.30. The summed E-state index contributed by atoms with van der Waals surface area (Å²) < 4.78 is 5.42. The highest BCUT2D eigenvalue weighted by Crippen LogP contribution is 2.20. The summed E-state index contributed by atoms with van der Waals surface area (Å²) in [7, 11) is 0. The third-order valence-corrected chi connectivity index (χ3v) is 5.63. The molecule has 2 aliphatic heterocycles. The van der Waals surface area contributed by atoms with Crippen molar-refractivity contribution in [3.05, 3.63) is 48.3 Å². The Morgan fingerprint density at radius 3 is 2.24 bits per heavy atom. The smallest absolute Gasteiger partial charge is 0.222 e. The van der Waals surface area contributed by atoms with Crippen LogP contribution in [-0.4, -0.2) is 73.3 Å². The number of ether oxygens (including phenoxy) is 1. The van der Waals surface area contributed by atoms with Gasteiger partial charge in [0.25, 0.3) is 0 Å². The molecule has 1 amide bonds. The lowest BCUT2D eigenvalue weighted by Gasteiger charge is -2.36. The summed E-state index contributed by atoms with van der Waals surface area (Å²) in [5, 5.41) is 0. The van der Waals surface area contributed by atoms with E-state index < -0.39 is 0 Å². The average molecular weight is 396 g/mol. The van der Waals surface area contributed by atoms with E-state index in [1.165, 1.54) is 5.56 Å². The molecule has 4 rings (SSSR count). The Balaban J connectivity index is 1.25. The standard InChI is InChI=1S/C22H29N5O2/c28-22(8-4-7-19-5-2-1-3-6-19)27-11-9-25(10-12-27)20-17-21(24-18-23-20)26-13-15-29-16-14-26/h1-3,5-6,17-18H,4,7-16H2. The number of carbonyl (C=O) groups is 1. The van der Waals surface area contributed by atoms with Crippen LogP contribution in [0.5, 0.6) is 0 Å². The number of anilines is 2. The van der Waals surface area contributed by atoms with E-state index in [0.717, 1.165) is 77.0 Å². The van der Waals surface area contributed by atoms with Crippen LogP contribution in [-0.2, 0) is 16.0 Å². The van der Waals surface area contributed by atoms with Crippen molar-refractivity contribution < 1.29 is 9.53 Å². The zero-order valence-electron chi connectivity index (χ0n) is 16.9. The minimum atomic E-state index is 0.261. The molecule has 0 bridgehead atoms. The van der Waals surface area contributed by atoms with Gasteiger partial charge in [0.15, 0.2) is 0 Å². The first kappa shape index (κ1) is 19.6. The van der Waals surface area contributed by atoms with Crippen LogP contribution in [0, 0.1) is 0 Å². The van der Waals surface area contributed by atoms with Crippen molar-refractivity contribution >= 4 is 17.5 Å². The predicted molar refractivity (Wildman–Crippen MR) is 113 cm³/mol. The Hall–Kier alpha value is -2.67. The van der Waals surface area contributed by atoms with Gasteiger partial charge in [-0.2, -0.15) is 0 Å². The molecule has 2 aliphatic rings. The Morgan fingerprint density at radius 1 is 0.897 bits per heavy atom. The van der Waals surface area contributed by atoms with E-state index in [9.17, 15) is 4.79 Å². The molecule has 154 valence electrons. The van der Waals surface area contributed by atoms with E-state index in [1.54, 1.807) is 6.33 Å². The molecule has 7 heteroatoms. The lowest BCUT2D eigenvalue weighted by Crippen LogP contribution is -2.49. The zero-order chi connectivity index (χ0) is 19.9. The molecule has 0 aliphatic carbocycles. The van der Waals surface area contributed by atoms with Gasteiger partial charge in [-0.05, 0) is 18.4 Å². The third kappa shape index (κ3) is 5.23. The van der Waals surface area contributed by atoms with Gasteiger partial charge < -0.3 is 19.4 Å². The number of morpholine rings is 1. The minimum absolute atomic E-state index is 0.261. The lowest BCUT2D eigenvalue weighted by atomic mass is 10.1. The number of amides is 1. The van der Waals surface area contributed by atoms with E-state index in [-0.39, 0.29) is 5.91 Å². The molecule has 0 spiro atoms. The number of piperazine rings is 1. The first-order chi connectivity index (χ1) is 14.3. The van der Waals surface area contributed by atoms with Crippen molar-refractivity contribution in [2.45, 2.75) is 19.3 Å². The molecular formula is C22H29N5O2. The highest BCUT2D eigenvalue weighted by atomic mass is 16.5. The van der Waals surface area contributed by atoms with Crippen LogP contribution >= 0.6 is 0 Å². The van der Waals surface area contributed by atoms with Crippen LogP contribution in [0.15, 0.2) is 42.7 Å². The minimum Gasteiger partial charge on any atom is -0.378 e. The molecule has 2 saturated heterocycles. The summed E-state index contributed by atoms with van der Waals surface area (Å²) in [6, 6.07) is 12.4. The summed E-state index contributed by atoms with van der Waals surface area (Å²) in [6.45, 7) is 6.33. The van der Waals surface area contributed by atoms with Gasteiger partial charge in [-0.1, -0.05) is 30.3 Å². The molecule has 1 aromatic carbocycles. The number of benzene rings is 1. The quantitative estimate of drug-likeness (QED) is 0.745. The highest BCUT2D eigenvalue weighted by molar-refractivity contribution is 5.76. The molecule has 29 heavy (non-hydrogen) atoms. The number of aryl methyl sites for hydroxylation is 1. The normalized spacial score (nSPS) is 17.4. The van der Waals surface area contributed by atoms with Crippen LogP contribution in [0.3, 0.4) is 0 Å². The SMILES string of the molecule is O=C(CCCc1ccccc1)N1CCN(c2cc(N3CCOCC3)ncn2)CC1. The van der Waals surface area contributed by atoms with Crippen molar-refractivity contribution in [3.63, 3.8) is 0 Å². The molecule has 2 fully saturated rings. The molecule has 1 aromatic heterocycles. The van der Waals surface area contributed by atoms with E-state index >= 15 is 0 Å². The van der Waals surface area contributed by atoms with Crippen LogP contribution in [0.2, 0.25) is 0 Å². The fourth-order valence-electron chi connectivity index (χ4n) is 3.91. The second-order valence-corrected chi connectivity index (χ2v) is 7.54. The number of nitrogens with zero attached hydrogens (tertiary/aromatic N) is 5. The number of hydrogen-bond acceptors (Lipinski definition) is 6. The van der Waals surface area contributed by atoms with E-state index in [4.69, 9.17) is 4.74 Å². The molecule has 7 nitrogen and oxygen atoms in total. The molecule has 3 heterocycles. The molecule has 2 aromatic rings. The van der Waals surface area contributed by atoms with Crippen molar-refractivity contribution in [1.29, 1.82) is 0 Å². The van der Waals surface area contributed by atoms with E-state index in [0.29, 0.717) is 6.42 Å². The van der Waals surface area contributed by atoms with Gasteiger partial charge in [0.05, 0.1) is 13.2 Å². The Labute approximate surface area is 172 Å². The fraction of sp³-hybridized carbons (Fsp3) is 0.500. The first-order valence-electron chi connectivity index (χ1n) is 10.5. The Kier molecular flexibility index (Phi) is 6.56. The number of carbonyl (C=O) groups excluding carboxylic acids is 1. The maximum Gasteiger partial charge on any atom is 0.222 e.